The summed E-state index contributed by atoms with van der Waals surface area (Å²) in [5, 5.41) is 14.3. The van der Waals surface area contributed by atoms with E-state index in [1.807, 2.05) is 63.4 Å². The average molecular weight is 480 g/mol. The van der Waals surface area contributed by atoms with Gasteiger partial charge in [-0.15, -0.1) is 0 Å². The first-order valence-electron chi connectivity index (χ1n) is 11.5. The predicted octanol–water partition coefficient (Wildman–Crippen LogP) is 3.29. The van der Waals surface area contributed by atoms with Crippen LogP contribution in [0, 0.1) is 20.8 Å². The molecule has 0 aliphatic rings. The topological polar surface area (TPSA) is 127 Å². The number of nitrogens with one attached hydrogen (secondary N) is 2. The predicted molar refractivity (Wildman–Crippen MR) is 133 cm³/mol. The molecule has 0 saturated heterocycles. The Morgan fingerprint density at radius 2 is 1.92 bits per heavy atom. The zero-order valence-electron chi connectivity index (χ0n) is 20.2. The summed E-state index contributed by atoms with van der Waals surface area (Å²) >= 11 is 0. The first-order valence-corrected chi connectivity index (χ1v) is 11.5. The summed E-state index contributed by atoms with van der Waals surface area (Å²) in [4.78, 5) is 30.9. The minimum atomic E-state index is -0.255. The number of pyridine rings is 2. The van der Waals surface area contributed by atoms with E-state index in [0.717, 1.165) is 39.5 Å². The molecular formula is C26H25N9O. The molecule has 5 aromatic heterocycles. The van der Waals surface area contributed by atoms with Crippen molar-refractivity contribution >= 4 is 5.91 Å². The third-order valence-electron chi connectivity index (χ3n) is 5.58. The van der Waals surface area contributed by atoms with Gasteiger partial charge in [0, 0.05) is 54.7 Å². The average Bonchev–Trinajstić information content (AvgIpc) is 3.54. The normalized spacial score (nSPS) is 11.0. The second-order valence-corrected chi connectivity index (χ2v) is 8.59. The van der Waals surface area contributed by atoms with Crippen molar-refractivity contribution in [1.29, 1.82) is 0 Å². The molecule has 0 aromatic carbocycles. The quantitative estimate of drug-likeness (QED) is 0.367. The molecule has 36 heavy (non-hydrogen) atoms. The van der Waals surface area contributed by atoms with E-state index in [9.17, 15) is 4.79 Å². The molecule has 5 rings (SSSR count). The lowest BCUT2D eigenvalue weighted by molar-refractivity contribution is 0.0945. The molecule has 5 heterocycles. The molecule has 0 unspecified atom stereocenters. The van der Waals surface area contributed by atoms with Gasteiger partial charge in [-0.25, -0.2) is 19.6 Å². The number of aromatic amines is 1. The van der Waals surface area contributed by atoms with Crippen molar-refractivity contribution in [3.63, 3.8) is 0 Å². The molecule has 0 aliphatic carbocycles. The van der Waals surface area contributed by atoms with Crippen molar-refractivity contribution in [2.45, 2.75) is 33.7 Å². The van der Waals surface area contributed by atoms with Crippen LogP contribution >= 0.6 is 0 Å². The van der Waals surface area contributed by atoms with Crippen molar-refractivity contribution < 1.29 is 4.79 Å². The first-order chi connectivity index (χ1) is 17.4. The highest BCUT2D eigenvalue weighted by Gasteiger charge is 2.14. The maximum atomic E-state index is 12.8. The summed E-state index contributed by atoms with van der Waals surface area (Å²) in [5.41, 5.74) is 6.39. The highest BCUT2D eigenvalue weighted by atomic mass is 16.1. The number of rotatable bonds is 7. The lowest BCUT2D eigenvalue weighted by Gasteiger charge is -2.10. The fourth-order valence-electron chi connectivity index (χ4n) is 3.87. The van der Waals surface area contributed by atoms with Crippen molar-refractivity contribution in [3.05, 3.63) is 101 Å². The third kappa shape index (κ3) is 5.17. The van der Waals surface area contributed by atoms with E-state index >= 15 is 0 Å². The number of nitrogens with zero attached hydrogens (tertiary/aromatic N) is 7. The maximum absolute atomic E-state index is 12.8. The number of amides is 1. The van der Waals surface area contributed by atoms with E-state index < -0.39 is 0 Å². The molecule has 2 N–H and O–H groups in total. The van der Waals surface area contributed by atoms with Crippen LogP contribution in [0.2, 0.25) is 0 Å². The Hall–Kier alpha value is -4.73. The number of H-pyrrole nitrogens is 1. The second-order valence-electron chi connectivity index (χ2n) is 8.59. The highest BCUT2D eigenvalue weighted by Crippen LogP contribution is 2.19. The minimum Gasteiger partial charge on any atom is -0.347 e. The van der Waals surface area contributed by atoms with Gasteiger partial charge in [0.05, 0.1) is 11.4 Å². The molecule has 0 radical (unpaired) electrons. The largest absolute Gasteiger partial charge is 0.347 e. The molecule has 0 bridgehead atoms. The highest BCUT2D eigenvalue weighted by molar-refractivity contribution is 5.94. The summed E-state index contributed by atoms with van der Waals surface area (Å²) in [5.74, 6) is 1.03. The van der Waals surface area contributed by atoms with E-state index in [0.29, 0.717) is 30.3 Å². The van der Waals surface area contributed by atoms with E-state index in [1.54, 1.807) is 23.3 Å². The summed E-state index contributed by atoms with van der Waals surface area (Å²) < 4.78 is 1.68. The Morgan fingerprint density at radius 3 is 2.61 bits per heavy atom. The van der Waals surface area contributed by atoms with Crippen LogP contribution in [0.1, 0.15) is 44.4 Å². The molecule has 0 aliphatic heterocycles. The van der Waals surface area contributed by atoms with Gasteiger partial charge in [0.1, 0.15) is 5.69 Å². The molecule has 1 amide bonds. The molecule has 180 valence electrons. The number of carbonyl (C=O) groups excluding carboxylic acids is 1. The number of hydrogen-bond acceptors (Lipinski definition) is 7. The number of aromatic nitrogens is 8. The van der Waals surface area contributed by atoms with Crippen LogP contribution in [-0.4, -0.2) is 45.8 Å². The lowest BCUT2D eigenvalue weighted by Crippen LogP contribution is -2.24. The molecule has 0 saturated carbocycles. The zero-order valence-corrected chi connectivity index (χ0v) is 20.2. The fraction of sp³-hybridized carbons (Fsp3) is 0.192. The third-order valence-corrected chi connectivity index (χ3v) is 5.58. The molecule has 0 fully saturated rings. The van der Waals surface area contributed by atoms with E-state index in [1.165, 1.54) is 0 Å². The lowest BCUT2D eigenvalue weighted by atomic mass is 10.1. The van der Waals surface area contributed by atoms with Crippen LogP contribution in [0.25, 0.3) is 17.2 Å². The van der Waals surface area contributed by atoms with Gasteiger partial charge >= 0.3 is 0 Å². The van der Waals surface area contributed by atoms with Crippen LogP contribution in [-0.2, 0) is 13.0 Å². The van der Waals surface area contributed by atoms with Crippen LogP contribution in [0.3, 0.4) is 0 Å². The van der Waals surface area contributed by atoms with Crippen LogP contribution in [0.4, 0.5) is 0 Å². The minimum absolute atomic E-state index is 0.255. The number of aryl methyl sites for hydroxylation is 3. The Kier molecular flexibility index (Phi) is 6.31. The van der Waals surface area contributed by atoms with Gasteiger partial charge in [-0.2, -0.15) is 10.2 Å². The van der Waals surface area contributed by atoms with Gasteiger partial charge in [-0.1, -0.05) is 6.07 Å². The Bertz CT molecular complexity index is 1510. The van der Waals surface area contributed by atoms with E-state index in [-0.39, 0.29) is 5.91 Å². The van der Waals surface area contributed by atoms with Crippen molar-refractivity contribution in [3.8, 4) is 17.2 Å². The smallest absolute Gasteiger partial charge is 0.270 e. The summed E-state index contributed by atoms with van der Waals surface area (Å²) in [7, 11) is 0. The van der Waals surface area contributed by atoms with Gasteiger partial charge in [-0.05, 0) is 62.2 Å². The molecule has 10 heteroatoms. The molecular weight excluding hydrogens is 454 g/mol. The summed E-state index contributed by atoms with van der Waals surface area (Å²) in [6.45, 7) is 6.10. The molecule has 0 spiro atoms. The summed E-state index contributed by atoms with van der Waals surface area (Å²) in [6, 6.07) is 11.4. The van der Waals surface area contributed by atoms with Crippen LogP contribution < -0.4 is 5.32 Å². The van der Waals surface area contributed by atoms with Gasteiger partial charge < -0.3 is 5.32 Å². The monoisotopic (exact) mass is 479 g/mol. The molecule has 0 atom stereocenters. The van der Waals surface area contributed by atoms with Crippen LogP contribution in [0.15, 0.2) is 61.2 Å². The second kappa shape index (κ2) is 9.87. The van der Waals surface area contributed by atoms with Gasteiger partial charge in [0.2, 0.25) is 0 Å². The van der Waals surface area contributed by atoms with E-state index in [4.69, 9.17) is 4.98 Å². The van der Waals surface area contributed by atoms with Crippen molar-refractivity contribution in [2.24, 2.45) is 0 Å². The van der Waals surface area contributed by atoms with Crippen molar-refractivity contribution in [1.82, 2.24) is 45.2 Å². The zero-order chi connectivity index (χ0) is 25.1. The maximum Gasteiger partial charge on any atom is 0.270 e. The molecule has 10 nitrogen and oxygen atoms in total. The summed E-state index contributed by atoms with van der Waals surface area (Å²) in [6.07, 6.45) is 7.48. The Balaban J connectivity index is 1.27. The van der Waals surface area contributed by atoms with Gasteiger partial charge in [0.25, 0.3) is 5.91 Å². The molecule has 5 aromatic rings. The van der Waals surface area contributed by atoms with E-state index in [2.05, 4.69) is 35.6 Å². The number of hydrogen-bond donors (Lipinski definition) is 2. The SMILES string of the molecule is Cc1cc(Cc2cc(C)[nH]n2)nc(-c2cnc(C(=O)NCc3ccc(-n4cccn4)nc3)c(C)c2)n1. The van der Waals surface area contributed by atoms with Gasteiger partial charge in [-0.3, -0.25) is 14.9 Å². The van der Waals surface area contributed by atoms with Crippen LogP contribution in [0.5, 0.6) is 0 Å². The fourth-order valence-corrected chi connectivity index (χ4v) is 3.87. The first kappa shape index (κ1) is 23.0. The Labute approximate surface area is 207 Å². The van der Waals surface area contributed by atoms with Crippen molar-refractivity contribution in [2.75, 3.05) is 0 Å². The van der Waals surface area contributed by atoms with Gasteiger partial charge in [0.15, 0.2) is 11.6 Å². The number of carbonyl (C=O) groups is 1. The standard InChI is InChI=1S/C26H25N9O/c1-16-9-20(25-31-17(2)10-21(32-25)12-22-11-18(3)33-34-22)15-28-24(16)26(36)29-14-19-5-6-23(27-13-19)35-8-4-7-30-35/h4-11,13,15H,12,14H2,1-3H3,(H,29,36)(H,33,34). The Morgan fingerprint density at radius 1 is 1.03 bits per heavy atom.